The van der Waals surface area contributed by atoms with E-state index in [2.05, 4.69) is 39.1 Å². The molecule has 0 spiro atoms. The predicted octanol–water partition coefficient (Wildman–Crippen LogP) is 6.63. The Morgan fingerprint density at radius 3 is 2.71 bits per heavy atom. The van der Waals surface area contributed by atoms with Crippen molar-refractivity contribution in [3.63, 3.8) is 0 Å². The summed E-state index contributed by atoms with van der Waals surface area (Å²) in [5.74, 6) is -0.962. The Morgan fingerprint density at radius 2 is 1.90 bits per heavy atom. The van der Waals surface area contributed by atoms with E-state index in [9.17, 15) is 8.78 Å². The second-order valence-corrected chi connectivity index (χ2v) is 10.3. The van der Waals surface area contributed by atoms with Gasteiger partial charge in [-0.15, -0.1) is 0 Å². The fourth-order valence-electron chi connectivity index (χ4n) is 6.19. The summed E-state index contributed by atoms with van der Waals surface area (Å²) in [7, 11) is 0. The maximum atomic E-state index is 14.8. The van der Waals surface area contributed by atoms with Gasteiger partial charge in [0.2, 0.25) is 0 Å². The van der Waals surface area contributed by atoms with Gasteiger partial charge in [0.25, 0.3) is 0 Å². The number of hydrogen-bond donors (Lipinski definition) is 1. The van der Waals surface area contributed by atoms with Crippen LogP contribution in [0.2, 0.25) is 0 Å². The molecule has 5 heteroatoms. The van der Waals surface area contributed by atoms with E-state index in [4.69, 9.17) is 9.47 Å². The summed E-state index contributed by atoms with van der Waals surface area (Å²) in [4.78, 5) is 0. The van der Waals surface area contributed by atoms with E-state index >= 15 is 0 Å². The highest BCUT2D eigenvalue weighted by Crippen LogP contribution is 2.59. The summed E-state index contributed by atoms with van der Waals surface area (Å²) >= 11 is 0. The van der Waals surface area contributed by atoms with Gasteiger partial charge in [0.15, 0.2) is 11.6 Å². The molecular weight excluding hydrogens is 396 g/mol. The van der Waals surface area contributed by atoms with E-state index in [-0.39, 0.29) is 35.0 Å². The van der Waals surface area contributed by atoms with E-state index in [1.807, 2.05) is 12.1 Å². The van der Waals surface area contributed by atoms with Gasteiger partial charge in [-0.05, 0) is 70.2 Å². The largest absolute Gasteiger partial charge is 0.482 e. The molecule has 31 heavy (non-hydrogen) atoms. The Morgan fingerprint density at radius 1 is 1.10 bits per heavy atom. The Labute approximate surface area is 181 Å². The molecule has 1 saturated heterocycles. The number of rotatable bonds is 1. The van der Waals surface area contributed by atoms with E-state index < -0.39 is 11.6 Å². The Bertz CT molecular complexity index is 1150. The first-order valence-electron chi connectivity index (χ1n) is 11.2. The standard InChI is InChI=1S/C26H27F2NO2/c1-13-12-25(2,3)29-19-8-7-15-17-10-14(27)11-18(28)22(17)30-23(21(15)20(13)19)16-6-5-9-26(4)24(16)31-26/h7-8,10-12,16,23-24,29H,5-6,9H2,1-4H3/t16-,23+,24+,26-/m1/s1. The summed E-state index contributed by atoms with van der Waals surface area (Å²) in [5.41, 5.74) is 5.36. The van der Waals surface area contributed by atoms with Crippen molar-refractivity contribution in [1.82, 2.24) is 0 Å². The summed E-state index contributed by atoms with van der Waals surface area (Å²) < 4.78 is 41.6. The highest BCUT2D eigenvalue weighted by molar-refractivity contribution is 5.89. The molecule has 2 fully saturated rings. The fourth-order valence-corrected chi connectivity index (χ4v) is 6.19. The average molecular weight is 424 g/mol. The Kier molecular flexibility index (Phi) is 3.79. The minimum atomic E-state index is -0.648. The molecule has 0 bridgehead atoms. The Hall–Kier alpha value is -2.40. The first-order chi connectivity index (χ1) is 14.7. The van der Waals surface area contributed by atoms with Crippen LogP contribution < -0.4 is 10.1 Å². The van der Waals surface area contributed by atoms with Crippen LogP contribution in [0.5, 0.6) is 5.75 Å². The maximum absolute atomic E-state index is 14.8. The molecule has 3 aliphatic heterocycles. The number of nitrogens with one attached hydrogen (secondary N) is 1. The fraction of sp³-hybridized carbons (Fsp3) is 0.462. The van der Waals surface area contributed by atoms with Crippen molar-refractivity contribution >= 4 is 11.3 Å². The van der Waals surface area contributed by atoms with Crippen molar-refractivity contribution in [2.24, 2.45) is 5.92 Å². The van der Waals surface area contributed by atoms with Crippen LogP contribution in [0.25, 0.3) is 16.7 Å². The van der Waals surface area contributed by atoms with Gasteiger partial charge in [0.1, 0.15) is 11.9 Å². The third-order valence-corrected chi connectivity index (χ3v) is 7.43. The van der Waals surface area contributed by atoms with Gasteiger partial charge in [0, 0.05) is 34.4 Å². The number of benzene rings is 2. The molecule has 0 amide bonds. The van der Waals surface area contributed by atoms with Crippen LogP contribution in [0.1, 0.15) is 64.2 Å². The lowest BCUT2D eigenvalue weighted by Crippen LogP contribution is -2.35. The number of epoxide rings is 1. The van der Waals surface area contributed by atoms with Crippen LogP contribution >= 0.6 is 0 Å². The second kappa shape index (κ2) is 6.10. The maximum Gasteiger partial charge on any atom is 0.168 e. The SMILES string of the molecule is CC1=CC(C)(C)Nc2ccc3c(c21)[C@H]([C@H]1CCC[C@@]2(C)O[C@@H]12)Oc1c(F)cc(F)cc1-3. The smallest absolute Gasteiger partial charge is 0.168 e. The van der Waals surface area contributed by atoms with Gasteiger partial charge in [-0.1, -0.05) is 12.1 Å². The zero-order valence-electron chi connectivity index (χ0n) is 18.3. The molecule has 3 nitrogen and oxygen atoms in total. The van der Waals surface area contributed by atoms with Gasteiger partial charge < -0.3 is 14.8 Å². The van der Waals surface area contributed by atoms with E-state index in [0.29, 0.717) is 5.56 Å². The topological polar surface area (TPSA) is 33.8 Å². The van der Waals surface area contributed by atoms with Crippen molar-refractivity contribution in [3.05, 3.63) is 53.1 Å². The van der Waals surface area contributed by atoms with Crippen LogP contribution in [0.15, 0.2) is 30.3 Å². The molecule has 0 radical (unpaired) electrons. The zero-order valence-corrected chi connectivity index (χ0v) is 18.3. The number of hydrogen-bond acceptors (Lipinski definition) is 3. The van der Waals surface area contributed by atoms with E-state index in [1.54, 1.807) is 0 Å². The quantitative estimate of drug-likeness (QED) is 0.523. The van der Waals surface area contributed by atoms with Crippen molar-refractivity contribution in [1.29, 1.82) is 0 Å². The van der Waals surface area contributed by atoms with Gasteiger partial charge in [-0.25, -0.2) is 8.78 Å². The van der Waals surface area contributed by atoms with Crippen molar-refractivity contribution in [2.45, 2.75) is 70.3 Å². The zero-order chi connectivity index (χ0) is 21.7. The monoisotopic (exact) mass is 423 g/mol. The van der Waals surface area contributed by atoms with Gasteiger partial charge in [-0.2, -0.15) is 0 Å². The van der Waals surface area contributed by atoms with Gasteiger partial charge in [-0.3, -0.25) is 0 Å². The molecule has 0 unspecified atom stereocenters. The summed E-state index contributed by atoms with van der Waals surface area (Å²) in [5, 5.41) is 3.60. The highest BCUT2D eigenvalue weighted by atomic mass is 19.1. The van der Waals surface area contributed by atoms with Crippen molar-refractivity contribution in [3.8, 4) is 16.9 Å². The molecule has 162 valence electrons. The number of allylic oxidation sites excluding steroid dienone is 1. The summed E-state index contributed by atoms with van der Waals surface area (Å²) in [6.07, 6.45) is 5.06. The van der Waals surface area contributed by atoms with Gasteiger partial charge >= 0.3 is 0 Å². The van der Waals surface area contributed by atoms with Crippen molar-refractivity contribution in [2.75, 3.05) is 5.32 Å². The molecule has 4 aliphatic rings. The first-order valence-corrected chi connectivity index (χ1v) is 11.2. The van der Waals surface area contributed by atoms with E-state index in [1.165, 1.54) is 6.07 Å². The predicted molar refractivity (Wildman–Crippen MR) is 117 cm³/mol. The molecule has 3 heterocycles. The number of ether oxygens (including phenoxy) is 2. The van der Waals surface area contributed by atoms with Crippen LogP contribution in [-0.2, 0) is 4.74 Å². The third kappa shape index (κ3) is 2.78. The molecule has 4 atom stereocenters. The third-order valence-electron chi connectivity index (χ3n) is 7.43. The molecule has 2 aromatic carbocycles. The minimum absolute atomic E-state index is 0.103. The Balaban J connectivity index is 1.60. The number of fused-ring (bicyclic) bond motifs is 6. The van der Waals surface area contributed by atoms with Crippen LogP contribution in [0.4, 0.5) is 14.5 Å². The van der Waals surface area contributed by atoms with Crippen LogP contribution in [0.3, 0.4) is 0 Å². The van der Waals surface area contributed by atoms with Crippen LogP contribution in [0, 0.1) is 17.6 Å². The summed E-state index contributed by atoms with van der Waals surface area (Å²) in [6.45, 7) is 8.54. The lowest BCUT2D eigenvalue weighted by Gasteiger charge is -2.40. The number of anilines is 1. The van der Waals surface area contributed by atoms with E-state index in [0.717, 1.165) is 53.3 Å². The minimum Gasteiger partial charge on any atom is -0.482 e. The molecule has 0 aromatic heterocycles. The first kappa shape index (κ1) is 19.3. The van der Waals surface area contributed by atoms with Gasteiger partial charge in [0.05, 0.1) is 17.2 Å². The highest BCUT2D eigenvalue weighted by Gasteiger charge is 2.61. The van der Waals surface area contributed by atoms with Crippen LogP contribution in [-0.4, -0.2) is 17.2 Å². The molecule has 1 aliphatic carbocycles. The van der Waals surface area contributed by atoms with Crippen molar-refractivity contribution < 1.29 is 18.3 Å². The lowest BCUT2D eigenvalue weighted by atomic mass is 9.73. The lowest BCUT2D eigenvalue weighted by molar-refractivity contribution is 0.0962. The number of halogens is 2. The normalized spacial score (nSPS) is 31.8. The molecule has 1 saturated carbocycles. The summed E-state index contributed by atoms with van der Waals surface area (Å²) in [6, 6.07) is 6.31. The molecule has 2 aromatic rings. The molecule has 1 N–H and O–H groups in total. The second-order valence-electron chi connectivity index (χ2n) is 10.3. The molecular formula is C26H27F2NO2. The average Bonchev–Trinajstić information content (AvgIpc) is 3.37. The molecule has 6 rings (SSSR count).